The van der Waals surface area contributed by atoms with Crippen molar-refractivity contribution in [3.8, 4) is 0 Å². The molecular formula is C22H28N2O3. The maximum absolute atomic E-state index is 12.8. The summed E-state index contributed by atoms with van der Waals surface area (Å²) in [6.07, 6.45) is 4.23. The van der Waals surface area contributed by atoms with Gasteiger partial charge in [-0.25, -0.2) is 0 Å². The third-order valence-corrected chi connectivity index (χ3v) is 6.39. The van der Waals surface area contributed by atoms with Gasteiger partial charge in [0.1, 0.15) is 0 Å². The lowest BCUT2D eigenvalue weighted by molar-refractivity contribution is -0.132. The third-order valence-electron chi connectivity index (χ3n) is 6.39. The number of hydrogen-bond acceptors (Lipinski definition) is 3. The van der Waals surface area contributed by atoms with Crippen molar-refractivity contribution in [2.75, 3.05) is 13.1 Å². The Labute approximate surface area is 160 Å². The van der Waals surface area contributed by atoms with Gasteiger partial charge in [-0.1, -0.05) is 32.9 Å². The van der Waals surface area contributed by atoms with Crippen LogP contribution in [0.3, 0.4) is 0 Å². The lowest BCUT2D eigenvalue weighted by atomic mass is 9.65. The van der Waals surface area contributed by atoms with Crippen LogP contribution >= 0.6 is 0 Å². The average molecular weight is 368 g/mol. The summed E-state index contributed by atoms with van der Waals surface area (Å²) in [5.41, 5.74) is 1.45. The molecule has 144 valence electrons. The zero-order chi connectivity index (χ0) is 19.4. The molecule has 4 rings (SSSR count). The van der Waals surface area contributed by atoms with Crippen molar-refractivity contribution < 1.29 is 14.4 Å². The van der Waals surface area contributed by atoms with E-state index in [4.69, 9.17) is 0 Å². The Morgan fingerprint density at radius 1 is 1.07 bits per heavy atom. The highest BCUT2D eigenvalue weighted by atomic mass is 16.2. The van der Waals surface area contributed by atoms with Crippen molar-refractivity contribution in [3.05, 3.63) is 35.4 Å². The summed E-state index contributed by atoms with van der Waals surface area (Å²) < 4.78 is 0. The van der Waals surface area contributed by atoms with Crippen molar-refractivity contribution in [1.29, 1.82) is 0 Å². The number of fused-ring (bicyclic) bond motifs is 3. The monoisotopic (exact) mass is 368 g/mol. The van der Waals surface area contributed by atoms with Gasteiger partial charge in [-0.2, -0.15) is 0 Å². The van der Waals surface area contributed by atoms with Gasteiger partial charge in [0.2, 0.25) is 5.91 Å². The van der Waals surface area contributed by atoms with Crippen LogP contribution in [-0.2, 0) is 4.79 Å². The zero-order valence-electron chi connectivity index (χ0n) is 16.5. The fourth-order valence-corrected chi connectivity index (χ4v) is 5.73. The molecule has 1 aromatic carbocycles. The summed E-state index contributed by atoms with van der Waals surface area (Å²) >= 11 is 0. The van der Waals surface area contributed by atoms with Crippen molar-refractivity contribution >= 4 is 17.7 Å². The van der Waals surface area contributed by atoms with Gasteiger partial charge >= 0.3 is 0 Å². The van der Waals surface area contributed by atoms with Crippen LogP contribution in [0.2, 0.25) is 0 Å². The second-order valence-electron chi connectivity index (χ2n) is 9.65. The zero-order valence-corrected chi connectivity index (χ0v) is 16.5. The maximum atomic E-state index is 12.8. The van der Waals surface area contributed by atoms with E-state index in [1.807, 2.05) is 0 Å². The molecule has 5 heteroatoms. The first-order valence-electron chi connectivity index (χ1n) is 9.94. The SMILES string of the molecule is CC1(C)C[C@H]2C[C@](C)(CN2C(=O)CCCN2C(=O)c3ccccc3C2=O)C1. The van der Waals surface area contributed by atoms with Gasteiger partial charge in [0.05, 0.1) is 11.1 Å². The molecule has 3 aliphatic rings. The summed E-state index contributed by atoms with van der Waals surface area (Å²) in [5, 5.41) is 0. The minimum Gasteiger partial charge on any atom is -0.339 e. The van der Waals surface area contributed by atoms with Gasteiger partial charge in [-0.15, -0.1) is 0 Å². The molecule has 0 N–H and O–H groups in total. The number of amides is 3. The van der Waals surface area contributed by atoms with Crippen LogP contribution in [0.25, 0.3) is 0 Å². The molecule has 0 radical (unpaired) electrons. The summed E-state index contributed by atoms with van der Waals surface area (Å²) in [4.78, 5) is 41.0. The van der Waals surface area contributed by atoms with Crippen LogP contribution in [0.4, 0.5) is 0 Å². The first kappa shape index (κ1) is 18.2. The lowest BCUT2D eigenvalue weighted by Gasteiger charge is -2.39. The van der Waals surface area contributed by atoms with E-state index in [-0.39, 0.29) is 28.6 Å². The highest BCUT2D eigenvalue weighted by Crippen LogP contribution is 2.52. The van der Waals surface area contributed by atoms with Crippen molar-refractivity contribution in [2.24, 2.45) is 10.8 Å². The number of benzene rings is 1. The number of imide groups is 1. The van der Waals surface area contributed by atoms with Crippen molar-refractivity contribution in [2.45, 2.75) is 58.9 Å². The summed E-state index contributed by atoms with van der Waals surface area (Å²) in [7, 11) is 0. The third kappa shape index (κ3) is 3.17. The molecule has 27 heavy (non-hydrogen) atoms. The van der Waals surface area contributed by atoms with E-state index in [1.165, 1.54) is 4.90 Å². The second-order valence-corrected chi connectivity index (χ2v) is 9.65. The normalized spacial score (nSPS) is 28.6. The number of carbonyl (C=O) groups is 3. The minimum atomic E-state index is -0.241. The van der Waals surface area contributed by atoms with Crippen LogP contribution in [0.15, 0.2) is 24.3 Å². The number of likely N-dealkylation sites (tertiary alicyclic amines) is 1. The highest BCUT2D eigenvalue weighted by Gasteiger charge is 2.50. The molecule has 5 nitrogen and oxygen atoms in total. The predicted octanol–water partition coefficient (Wildman–Crippen LogP) is 3.49. The Morgan fingerprint density at radius 2 is 1.70 bits per heavy atom. The van der Waals surface area contributed by atoms with E-state index in [0.717, 1.165) is 25.8 Å². The van der Waals surface area contributed by atoms with Crippen LogP contribution in [-0.4, -0.2) is 46.7 Å². The van der Waals surface area contributed by atoms with Gasteiger partial charge < -0.3 is 4.90 Å². The van der Waals surface area contributed by atoms with Crippen LogP contribution < -0.4 is 0 Å². The Morgan fingerprint density at radius 3 is 2.33 bits per heavy atom. The van der Waals surface area contributed by atoms with E-state index < -0.39 is 0 Å². The number of hydrogen-bond donors (Lipinski definition) is 0. The van der Waals surface area contributed by atoms with Gasteiger partial charge in [0.25, 0.3) is 11.8 Å². The molecule has 1 saturated carbocycles. The molecule has 2 fully saturated rings. The topological polar surface area (TPSA) is 57.7 Å². The molecule has 0 spiro atoms. The molecule has 0 unspecified atom stereocenters. The Hall–Kier alpha value is -2.17. The van der Waals surface area contributed by atoms with E-state index >= 15 is 0 Å². The Balaban J connectivity index is 1.35. The predicted molar refractivity (Wildman–Crippen MR) is 102 cm³/mol. The van der Waals surface area contributed by atoms with Gasteiger partial charge in [-0.05, 0) is 48.6 Å². The molecule has 1 aliphatic carbocycles. The summed E-state index contributed by atoms with van der Waals surface area (Å²) in [6.45, 7) is 8.04. The largest absolute Gasteiger partial charge is 0.339 e. The van der Waals surface area contributed by atoms with E-state index in [1.54, 1.807) is 24.3 Å². The van der Waals surface area contributed by atoms with Crippen LogP contribution in [0, 0.1) is 10.8 Å². The molecule has 3 amide bonds. The van der Waals surface area contributed by atoms with Crippen molar-refractivity contribution in [1.82, 2.24) is 9.80 Å². The number of rotatable bonds is 4. The van der Waals surface area contributed by atoms with Gasteiger partial charge in [-0.3, -0.25) is 19.3 Å². The molecule has 2 heterocycles. The smallest absolute Gasteiger partial charge is 0.261 e. The first-order valence-corrected chi connectivity index (χ1v) is 9.94. The summed E-state index contributed by atoms with van der Waals surface area (Å²) in [6, 6.07) is 7.25. The fourth-order valence-electron chi connectivity index (χ4n) is 5.73. The molecule has 1 aromatic rings. The number of nitrogens with zero attached hydrogens (tertiary/aromatic N) is 2. The van der Waals surface area contributed by atoms with Crippen molar-refractivity contribution in [3.63, 3.8) is 0 Å². The van der Waals surface area contributed by atoms with Gasteiger partial charge in [0.15, 0.2) is 0 Å². The molecule has 2 atom stereocenters. The van der Waals surface area contributed by atoms with Gasteiger partial charge in [0, 0.05) is 25.6 Å². The first-order chi connectivity index (χ1) is 12.7. The van der Waals surface area contributed by atoms with E-state index in [2.05, 4.69) is 25.7 Å². The standard InChI is InChI=1S/C22H28N2O3/c1-21(2)11-15-12-22(3,13-21)14-24(15)18(25)9-6-10-23-19(26)16-7-4-5-8-17(16)20(23)27/h4-5,7-8,15H,6,9-14H2,1-3H3/t15-,22-/m0/s1. The molecule has 2 bridgehead atoms. The van der Waals surface area contributed by atoms with E-state index in [9.17, 15) is 14.4 Å². The second kappa shape index (κ2) is 6.18. The number of carbonyl (C=O) groups excluding carboxylic acids is 3. The molecule has 0 aromatic heterocycles. The maximum Gasteiger partial charge on any atom is 0.261 e. The van der Waals surface area contributed by atoms with E-state index in [0.29, 0.717) is 36.6 Å². The summed E-state index contributed by atoms with van der Waals surface area (Å²) in [5.74, 6) is -0.318. The van der Waals surface area contributed by atoms with Crippen LogP contribution in [0.5, 0.6) is 0 Å². The minimum absolute atomic E-state index is 0.165. The Kier molecular flexibility index (Phi) is 4.17. The molecule has 1 saturated heterocycles. The Bertz CT molecular complexity index is 781. The quantitative estimate of drug-likeness (QED) is 0.765. The lowest BCUT2D eigenvalue weighted by Crippen LogP contribution is -2.38. The molecule has 2 aliphatic heterocycles. The highest BCUT2D eigenvalue weighted by molar-refractivity contribution is 6.21. The average Bonchev–Trinajstić information content (AvgIpc) is 2.99. The van der Waals surface area contributed by atoms with Crippen LogP contribution in [0.1, 0.15) is 73.6 Å². The molecular weight excluding hydrogens is 340 g/mol. The fraction of sp³-hybridized carbons (Fsp3) is 0.591.